The number of carbonyl (C=O) groups is 2. The Morgan fingerprint density at radius 1 is 0.763 bits per heavy atom. The monoisotopic (exact) mass is 513 g/mol. The minimum atomic E-state index is -0.197. The number of aliphatic hydroxyl groups is 1. The average Bonchev–Trinajstić information content (AvgIpc) is 2.96. The summed E-state index contributed by atoms with van der Waals surface area (Å²) in [6.07, 6.45) is 2.12. The number of nitrogens with one attached hydrogen (secondary N) is 1. The van der Waals surface area contributed by atoms with Crippen molar-refractivity contribution in [3.05, 3.63) is 89.5 Å². The zero-order valence-corrected chi connectivity index (χ0v) is 21.6. The Balaban J connectivity index is 1.11. The molecule has 7 heteroatoms. The molecule has 0 spiro atoms. The molecule has 2 saturated heterocycles. The van der Waals surface area contributed by atoms with Crippen LogP contribution in [0.15, 0.2) is 72.8 Å². The van der Waals surface area contributed by atoms with Crippen LogP contribution in [0.2, 0.25) is 0 Å². The lowest BCUT2D eigenvalue weighted by molar-refractivity contribution is -0.134. The number of nitrogens with zero attached hydrogens (tertiary/aromatic N) is 2. The average molecular weight is 514 g/mol. The van der Waals surface area contributed by atoms with Gasteiger partial charge in [0.25, 0.3) is 0 Å². The molecule has 2 fully saturated rings. The van der Waals surface area contributed by atoms with Gasteiger partial charge >= 0.3 is 0 Å². The molecular formula is C31H35N3O4. The topological polar surface area (TPSA) is 82.1 Å². The van der Waals surface area contributed by atoms with E-state index < -0.39 is 0 Å². The van der Waals surface area contributed by atoms with Gasteiger partial charge in [-0.05, 0) is 72.5 Å². The van der Waals surface area contributed by atoms with Crippen LogP contribution in [-0.4, -0.2) is 67.2 Å². The highest BCUT2D eigenvalue weighted by atomic mass is 16.5. The molecular weight excluding hydrogens is 478 g/mol. The molecule has 3 aromatic carbocycles. The quantitative estimate of drug-likeness (QED) is 0.439. The molecule has 0 saturated carbocycles. The molecule has 0 bridgehead atoms. The third kappa shape index (κ3) is 6.79. The van der Waals surface area contributed by atoms with E-state index in [0.29, 0.717) is 44.7 Å². The van der Waals surface area contributed by atoms with Crippen molar-refractivity contribution in [3.8, 4) is 0 Å². The molecule has 7 nitrogen and oxygen atoms in total. The van der Waals surface area contributed by atoms with Crippen molar-refractivity contribution >= 4 is 28.8 Å². The van der Waals surface area contributed by atoms with Crippen molar-refractivity contribution in [1.82, 2.24) is 4.90 Å². The number of hydrogen-bond acceptors (Lipinski definition) is 6. The van der Waals surface area contributed by atoms with E-state index in [-0.39, 0.29) is 17.8 Å². The molecule has 2 N–H and O–H groups in total. The second-order valence-corrected chi connectivity index (χ2v) is 10.1. The van der Waals surface area contributed by atoms with E-state index in [1.807, 2.05) is 77.7 Å². The molecule has 3 aromatic rings. The first-order valence-electron chi connectivity index (χ1n) is 13.4. The van der Waals surface area contributed by atoms with Crippen LogP contribution < -0.4 is 10.2 Å². The second kappa shape index (κ2) is 12.2. The minimum Gasteiger partial charge on any atom is -0.393 e. The van der Waals surface area contributed by atoms with E-state index in [9.17, 15) is 14.7 Å². The summed E-state index contributed by atoms with van der Waals surface area (Å²) in [5.41, 5.74) is 5.64. The lowest BCUT2D eigenvalue weighted by atomic mass is 10.0. The number of morpholine rings is 1. The largest absolute Gasteiger partial charge is 0.393 e. The molecule has 2 heterocycles. The first-order valence-corrected chi connectivity index (χ1v) is 13.4. The standard InChI is InChI=1S/C31H35N3O4/c35-29-13-15-33(16-14-29)28-11-5-25(6-12-28)30(36)21-23-1-7-26(8-2-23)32-27-9-3-24(4-10-27)22-31(37)34-17-19-38-20-18-34/h1-12,29,32,35H,13-22H2. The van der Waals surface area contributed by atoms with E-state index >= 15 is 0 Å². The third-order valence-electron chi connectivity index (χ3n) is 7.30. The van der Waals surface area contributed by atoms with E-state index in [1.165, 1.54) is 0 Å². The predicted octanol–water partition coefficient (Wildman–Crippen LogP) is 4.22. The molecule has 0 aromatic heterocycles. The van der Waals surface area contributed by atoms with Crippen molar-refractivity contribution in [1.29, 1.82) is 0 Å². The smallest absolute Gasteiger partial charge is 0.227 e. The summed E-state index contributed by atoms with van der Waals surface area (Å²) < 4.78 is 5.32. The molecule has 1 amide bonds. The third-order valence-corrected chi connectivity index (χ3v) is 7.30. The summed E-state index contributed by atoms with van der Waals surface area (Å²) >= 11 is 0. The van der Waals surface area contributed by atoms with Crippen LogP contribution in [0.1, 0.15) is 34.3 Å². The molecule has 2 aliphatic heterocycles. The molecule has 0 unspecified atom stereocenters. The van der Waals surface area contributed by atoms with Crippen molar-refractivity contribution in [2.45, 2.75) is 31.8 Å². The Morgan fingerprint density at radius 3 is 1.89 bits per heavy atom. The minimum absolute atomic E-state index is 0.0912. The number of benzene rings is 3. The van der Waals surface area contributed by atoms with Crippen LogP contribution in [0.5, 0.6) is 0 Å². The molecule has 2 aliphatic rings. The molecule has 0 aliphatic carbocycles. The Hall–Kier alpha value is -3.68. The van der Waals surface area contributed by atoms with Gasteiger partial charge in [-0.3, -0.25) is 9.59 Å². The fourth-order valence-electron chi connectivity index (χ4n) is 4.95. The Bertz CT molecular complexity index is 1210. The SMILES string of the molecule is O=C(Cc1ccc(Nc2ccc(CC(=O)N3CCOCC3)cc2)cc1)c1ccc(N2CCC(O)CC2)cc1. The van der Waals surface area contributed by atoms with E-state index in [2.05, 4.69) is 10.2 Å². The fourth-order valence-corrected chi connectivity index (χ4v) is 4.95. The maximum Gasteiger partial charge on any atom is 0.227 e. The van der Waals surface area contributed by atoms with Gasteiger partial charge in [0, 0.05) is 55.2 Å². The van der Waals surface area contributed by atoms with Crippen LogP contribution in [-0.2, 0) is 22.4 Å². The number of ketones is 1. The molecule has 38 heavy (non-hydrogen) atoms. The van der Waals surface area contributed by atoms with Crippen LogP contribution in [0.25, 0.3) is 0 Å². The Kier molecular flexibility index (Phi) is 8.36. The number of Topliss-reactive ketones (excluding diaryl/α,β-unsaturated/α-hetero) is 1. The van der Waals surface area contributed by atoms with Crippen molar-refractivity contribution in [2.24, 2.45) is 0 Å². The van der Waals surface area contributed by atoms with Gasteiger partial charge in [-0.1, -0.05) is 24.3 Å². The van der Waals surface area contributed by atoms with Crippen LogP contribution >= 0.6 is 0 Å². The number of carbonyl (C=O) groups excluding carboxylic acids is 2. The van der Waals surface area contributed by atoms with E-state index in [4.69, 9.17) is 4.74 Å². The second-order valence-electron chi connectivity index (χ2n) is 10.1. The maximum atomic E-state index is 12.8. The van der Waals surface area contributed by atoms with Gasteiger partial charge in [0.1, 0.15) is 0 Å². The summed E-state index contributed by atoms with van der Waals surface area (Å²) in [6.45, 7) is 4.23. The fraction of sp³-hybridized carbons (Fsp3) is 0.355. The number of anilines is 3. The van der Waals surface area contributed by atoms with Gasteiger partial charge < -0.3 is 25.0 Å². The van der Waals surface area contributed by atoms with Gasteiger partial charge in [0.15, 0.2) is 5.78 Å². The maximum absolute atomic E-state index is 12.8. The van der Waals surface area contributed by atoms with Gasteiger partial charge in [0.05, 0.1) is 25.7 Å². The lowest BCUT2D eigenvalue weighted by Crippen LogP contribution is -2.41. The van der Waals surface area contributed by atoms with Crippen molar-refractivity contribution < 1.29 is 19.4 Å². The van der Waals surface area contributed by atoms with Crippen molar-refractivity contribution in [2.75, 3.05) is 49.6 Å². The molecule has 0 atom stereocenters. The van der Waals surface area contributed by atoms with Crippen molar-refractivity contribution in [3.63, 3.8) is 0 Å². The van der Waals surface area contributed by atoms with E-state index in [1.54, 1.807) is 0 Å². The Labute approximate surface area is 224 Å². The summed E-state index contributed by atoms with van der Waals surface area (Å²) in [4.78, 5) is 29.4. The lowest BCUT2D eigenvalue weighted by Gasteiger charge is -2.31. The highest BCUT2D eigenvalue weighted by molar-refractivity contribution is 5.97. The summed E-state index contributed by atoms with van der Waals surface area (Å²) in [6, 6.07) is 23.6. The zero-order valence-electron chi connectivity index (χ0n) is 21.6. The number of hydrogen-bond donors (Lipinski definition) is 2. The first kappa shape index (κ1) is 25.9. The number of piperidine rings is 1. The normalized spacial score (nSPS) is 16.3. The number of rotatable bonds is 8. The summed E-state index contributed by atoms with van der Waals surface area (Å²) in [7, 11) is 0. The van der Waals surface area contributed by atoms with Crippen LogP contribution in [0.3, 0.4) is 0 Å². The molecule has 0 radical (unpaired) electrons. The highest BCUT2D eigenvalue weighted by Crippen LogP contribution is 2.22. The first-order chi connectivity index (χ1) is 18.5. The number of amides is 1. The van der Waals surface area contributed by atoms with Crippen LogP contribution in [0.4, 0.5) is 17.1 Å². The molecule has 198 valence electrons. The van der Waals surface area contributed by atoms with Crippen LogP contribution in [0, 0.1) is 0 Å². The Morgan fingerprint density at radius 2 is 1.32 bits per heavy atom. The van der Waals surface area contributed by atoms with Gasteiger partial charge in [0.2, 0.25) is 5.91 Å². The summed E-state index contributed by atoms with van der Waals surface area (Å²) in [5.74, 6) is 0.228. The van der Waals surface area contributed by atoms with Gasteiger partial charge in [-0.15, -0.1) is 0 Å². The highest BCUT2D eigenvalue weighted by Gasteiger charge is 2.18. The van der Waals surface area contributed by atoms with Gasteiger partial charge in [-0.25, -0.2) is 0 Å². The van der Waals surface area contributed by atoms with Gasteiger partial charge in [-0.2, -0.15) is 0 Å². The number of aliphatic hydroxyl groups excluding tert-OH is 1. The zero-order chi connectivity index (χ0) is 26.3. The molecule has 5 rings (SSSR count). The summed E-state index contributed by atoms with van der Waals surface area (Å²) in [5, 5.41) is 13.1. The predicted molar refractivity (Wildman–Crippen MR) is 149 cm³/mol. The number of ether oxygens (including phenoxy) is 1. The van der Waals surface area contributed by atoms with E-state index in [0.717, 1.165) is 54.1 Å².